The van der Waals surface area contributed by atoms with Gasteiger partial charge in [-0.2, -0.15) is 0 Å². The molecule has 0 fully saturated rings. The molecule has 6 heteroatoms. The normalized spacial score (nSPS) is 11.9. The number of anilines is 1. The van der Waals surface area contributed by atoms with E-state index in [0.29, 0.717) is 5.13 Å². The minimum Gasteiger partial charge on any atom is -0.349 e. The van der Waals surface area contributed by atoms with Gasteiger partial charge in [0.15, 0.2) is 5.13 Å². The van der Waals surface area contributed by atoms with Crippen LogP contribution in [0.3, 0.4) is 0 Å². The lowest BCUT2D eigenvalue weighted by molar-refractivity contribution is -0.120. The quantitative estimate of drug-likeness (QED) is 0.733. The summed E-state index contributed by atoms with van der Waals surface area (Å²) in [6.07, 6.45) is 0.151. The Bertz CT molecular complexity index is 905. The minimum atomic E-state index is -0.365. The second-order valence-corrected chi connectivity index (χ2v) is 6.94. The summed E-state index contributed by atoms with van der Waals surface area (Å²) in [5, 5.41) is 6.24. The van der Waals surface area contributed by atoms with Crippen LogP contribution in [0.15, 0.2) is 48.5 Å². The summed E-state index contributed by atoms with van der Waals surface area (Å²) in [6.45, 7) is 3.47. The molecule has 0 unspecified atom stereocenters. The summed E-state index contributed by atoms with van der Waals surface area (Å²) >= 11 is 1.45. The molecule has 0 spiro atoms. The summed E-state index contributed by atoms with van der Waals surface area (Å²) in [5.74, 6) is -0.351. The summed E-state index contributed by atoms with van der Waals surface area (Å²) in [6, 6.07) is 15.1. The Balaban J connectivity index is 1.73. The number of amides is 2. The smallest absolute Gasteiger partial charge is 0.228 e. The predicted octanol–water partition coefficient (Wildman–Crippen LogP) is 3.81. The van der Waals surface area contributed by atoms with Gasteiger partial charge in [0.1, 0.15) is 0 Å². The molecule has 0 saturated heterocycles. The first kappa shape index (κ1) is 17.1. The lowest BCUT2D eigenvalue weighted by Gasteiger charge is -2.17. The fraction of sp³-hybridized carbons (Fsp3) is 0.211. The Morgan fingerprint density at radius 1 is 1.16 bits per heavy atom. The van der Waals surface area contributed by atoms with E-state index in [1.165, 1.54) is 18.3 Å². The summed E-state index contributed by atoms with van der Waals surface area (Å²) in [4.78, 5) is 28.3. The maximum atomic E-state index is 12.4. The number of carbonyl (C=O) groups excluding carboxylic acids is 2. The van der Waals surface area contributed by atoms with Crippen LogP contribution in [0.1, 0.15) is 30.5 Å². The predicted molar refractivity (Wildman–Crippen MR) is 101 cm³/mol. The average molecular weight is 353 g/mol. The average Bonchev–Trinajstić information content (AvgIpc) is 2.95. The zero-order chi connectivity index (χ0) is 17.8. The first-order valence-corrected chi connectivity index (χ1v) is 8.82. The van der Waals surface area contributed by atoms with Crippen molar-refractivity contribution in [3.05, 3.63) is 59.7 Å². The van der Waals surface area contributed by atoms with Gasteiger partial charge in [0.25, 0.3) is 0 Å². The van der Waals surface area contributed by atoms with E-state index >= 15 is 0 Å². The summed E-state index contributed by atoms with van der Waals surface area (Å²) in [5.41, 5.74) is 2.92. The molecule has 1 aromatic heterocycles. The molecule has 1 atom stereocenters. The molecule has 3 aromatic rings. The van der Waals surface area contributed by atoms with Crippen LogP contribution < -0.4 is 10.6 Å². The fourth-order valence-electron chi connectivity index (χ4n) is 2.62. The molecule has 2 amide bonds. The van der Waals surface area contributed by atoms with E-state index in [2.05, 4.69) is 15.6 Å². The summed E-state index contributed by atoms with van der Waals surface area (Å²) in [7, 11) is 0. The van der Waals surface area contributed by atoms with E-state index < -0.39 is 0 Å². The topological polar surface area (TPSA) is 71.1 Å². The van der Waals surface area contributed by atoms with Crippen molar-refractivity contribution in [3.8, 4) is 0 Å². The largest absolute Gasteiger partial charge is 0.349 e. The zero-order valence-corrected chi connectivity index (χ0v) is 14.9. The van der Waals surface area contributed by atoms with Crippen LogP contribution in [-0.4, -0.2) is 16.8 Å². The molecule has 0 saturated carbocycles. The van der Waals surface area contributed by atoms with Crippen molar-refractivity contribution in [3.63, 3.8) is 0 Å². The van der Waals surface area contributed by atoms with Crippen LogP contribution in [0.5, 0.6) is 0 Å². The van der Waals surface area contributed by atoms with Crippen LogP contribution in [0.25, 0.3) is 10.2 Å². The minimum absolute atomic E-state index is 0.151. The van der Waals surface area contributed by atoms with E-state index in [1.807, 2.05) is 55.5 Å². The molecule has 25 heavy (non-hydrogen) atoms. The Labute approximate surface area is 150 Å². The van der Waals surface area contributed by atoms with Crippen molar-refractivity contribution in [2.75, 3.05) is 5.32 Å². The number of aromatic nitrogens is 1. The van der Waals surface area contributed by atoms with Gasteiger partial charge in [-0.15, -0.1) is 0 Å². The zero-order valence-electron chi connectivity index (χ0n) is 14.1. The van der Waals surface area contributed by atoms with Gasteiger partial charge in [-0.1, -0.05) is 47.7 Å². The number of benzene rings is 2. The van der Waals surface area contributed by atoms with E-state index in [0.717, 1.165) is 21.3 Å². The first-order chi connectivity index (χ1) is 12.0. The number of thiazole rings is 1. The van der Waals surface area contributed by atoms with Gasteiger partial charge in [-0.3, -0.25) is 9.59 Å². The van der Waals surface area contributed by atoms with Crippen molar-refractivity contribution in [1.82, 2.24) is 10.3 Å². The Kier molecular flexibility index (Phi) is 5.09. The highest BCUT2D eigenvalue weighted by molar-refractivity contribution is 7.22. The Hall–Kier alpha value is -2.73. The lowest BCUT2D eigenvalue weighted by Crippen LogP contribution is -2.29. The van der Waals surface area contributed by atoms with Crippen molar-refractivity contribution in [2.45, 2.75) is 26.3 Å². The fourth-order valence-corrected chi connectivity index (χ4v) is 3.60. The number of rotatable bonds is 5. The van der Waals surface area contributed by atoms with Crippen molar-refractivity contribution >= 4 is 38.5 Å². The van der Waals surface area contributed by atoms with Gasteiger partial charge in [0, 0.05) is 6.92 Å². The molecule has 0 bridgehead atoms. The molecule has 2 N–H and O–H groups in total. The summed E-state index contributed by atoms with van der Waals surface area (Å²) < 4.78 is 1.04. The molecule has 5 nitrogen and oxygen atoms in total. The lowest BCUT2D eigenvalue weighted by atomic mass is 10.0. The molecular weight excluding hydrogens is 334 g/mol. The van der Waals surface area contributed by atoms with Crippen molar-refractivity contribution in [1.29, 1.82) is 0 Å². The van der Waals surface area contributed by atoms with Crippen molar-refractivity contribution < 1.29 is 9.59 Å². The molecule has 0 aliphatic carbocycles. The van der Waals surface area contributed by atoms with Gasteiger partial charge in [-0.05, 0) is 30.2 Å². The van der Waals surface area contributed by atoms with Gasteiger partial charge in [0.2, 0.25) is 11.8 Å². The Morgan fingerprint density at radius 3 is 2.64 bits per heavy atom. The molecule has 0 radical (unpaired) electrons. The van der Waals surface area contributed by atoms with Gasteiger partial charge >= 0.3 is 0 Å². The van der Waals surface area contributed by atoms with E-state index in [4.69, 9.17) is 0 Å². The maximum absolute atomic E-state index is 12.4. The number of aryl methyl sites for hydroxylation is 1. The molecule has 2 aromatic carbocycles. The molecule has 0 aliphatic rings. The van der Waals surface area contributed by atoms with Crippen LogP contribution in [-0.2, 0) is 9.59 Å². The Morgan fingerprint density at radius 2 is 1.92 bits per heavy atom. The highest BCUT2D eigenvalue weighted by Gasteiger charge is 2.18. The van der Waals surface area contributed by atoms with Crippen LogP contribution in [0.4, 0.5) is 5.13 Å². The number of fused-ring (bicyclic) bond motifs is 1. The van der Waals surface area contributed by atoms with E-state index in [9.17, 15) is 9.59 Å². The molecular formula is C19H19N3O2S. The monoisotopic (exact) mass is 353 g/mol. The highest BCUT2D eigenvalue weighted by Crippen LogP contribution is 2.27. The molecule has 3 rings (SSSR count). The number of hydrogen-bond donors (Lipinski definition) is 2. The van der Waals surface area contributed by atoms with Crippen molar-refractivity contribution in [2.24, 2.45) is 0 Å². The third-order valence-corrected chi connectivity index (χ3v) is 4.69. The van der Waals surface area contributed by atoms with Gasteiger partial charge in [0.05, 0.1) is 22.7 Å². The van der Waals surface area contributed by atoms with Crippen LogP contribution >= 0.6 is 11.3 Å². The maximum Gasteiger partial charge on any atom is 0.228 e. The molecule has 0 aliphatic heterocycles. The second kappa shape index (κ2) is 7.44. The number of hydrogen-bond acceptors (Lipinski definition) is 4. The van der Waals surface area contributed by atoms with Gasteiger partial charge < -0.3 is 10.6 Å². The molecule has 1 heterocycles. The van der Waals surface area contributed by atoms with E-state index in [-0.39, 0.29) is 24.3 Å². The third kappa shape index (κ3) is 4.42. The SMILES string of the molecule is CC(=O)N[C@H](CC(=O)Nc1nc2ccc(C)cc2s1)c1ccccc1. The first-order valence-electron chi connectivity index (χ1n) is 8.00. The molecule has 128 valence electrons. The number of nitrogens with one attached hydrogen (secondary N) is 2. The standard InChI is InChI=1S/C19H19N3O2S/c1-12-8-9-15-17(10-12)25-19(21-15)22-18(24)11-16(20-13(2)23)14-6-4-3-5-7-14/h3-10,16H,11H2,1-2H3,(H,20,23)(H,21,22,24)/t16-/m1/s1. The second-order valence-electron chi connectivity index (χ2n) is 5.91. The van der Waals surface area contributed by atoms with E-state index in [1.54, 1.807) is 0 Å². The highest BCUT2D eigenvalue weighted by atomic mass is 32.1. The number of nitrogens with zero attached hydrogens (tertiary/aromatic N) is 1. The third-order valence-electron chi connectivity index (χ3n) is 3.76. The number of carbonyl (C=O) groups is 2. The van der Waals surface area contributed by atoms with Crippen LogP contribution in [0.2, 0.25) is 0 Å². The van der Waals surface area contributed by atoms with Crippen LogP contribution in [0, 0.1) is 6.92 Å². The van der Waals surface area contributed by atoms with Gasteiger partial charge in [-0.25, -0.2) is 4.98 Å².